The molecule has 0 spiro atoms. The summed E-state index contributed by atoms with van der Waals surface area (Å²) >= 11 is 0. The van der Waals surface area contributed by atoms with Crippen LogP contribution in [0.25, 0.3) is 17.3 Å². The molecule has 1 amide bonds. The summed E-state index contributed by atoms with van der Waals surface area (Å²) in [4.78, 5) is 16.1. The molecule has 0 saturated heterocycles. The number of benzene rings is 2. The van der Waals surface area contributed by atoms with Gasteiger partial charge in [0.1, 0.15) is 5.82 Å². The van der Waals surface area contributed by atoms with Gasteiger partial charge in [0.2, 0.25) is 0 Å². The lowest BCUT2D eigenvalue weighted by Gasteiger charge is -2.17. The van der Waals surface area contributed by atoms with Crippen molar-refractivity contribution in [3.05, 3.63) is 83.3 Å². The second-order valence-corrected chi connectivity index (χ2v) is 7.02. The zero-order valence-electron chi connectivity index (χ0n) is 16.4. The number of amides is 1. The van der Waals surface area contributed by atoms with Crippen molar-refractivity contribution < 1.29 is 10.0 Å². The molecule has 144 valence electrons. The van der Waals surface area contributed by atoms with Crippen LogP contribution < -0.4 is 5.48 Å². The van der Waals surface area contributed by atoms with E-state index in [1.165, 1.54) is 11.6 Å². The first-order chi connectivity index (χ1) is 13.5. The molecule has 3 rings (SSSR count). The lowest BCUT2D eigenvalue weighted by Crippen LogP contribution is -2.14. The van der Waals surface area contributed by atoms with Gasteiger partial charge < -0.3 is 4.57 Å². The fourth-order valence-corrected chi connectivity index (χ4v) is 3.41. The summed E-state index contributed by atoms with van der Waals surface area (Å²) in [5.74, 6) is 0.480. The van der Waals surface area contributed by atoms with Crippen LogP contribution in [0.15, 0.2) is 60.7 Å². The minimum atomic E-state index is -0.557. The van der Waals surface area contributed by atoms with Crippen molar-refractivity contribution in [3.63, 3.8) is 0 Å². The highest BCUT2D eigenvalue weighted by Gasteiger charge is 2.18. The predicted molar refractivity (Wildman–Crippen MR) is 111 cm³/mol. The standard InChI is InChI=1S/C23H25N3O2/c1-16(2)26-21(15-18-8-5-4-6-9-18)24-17(3)23(26)20-11-7-10-19(14-20)12-13-22(27)25-28/h4-14,16,28H,15H2,1-3H3,(H,25,27). The van der Waals surface area contributed by atoms with Gasteiger partial charge in [-0.15, -0.1) is 0 Å². The van der Waals surface area contributed by atoms with Gasteiger partial charge in [0, 0.05) is 24.1 Å². The van der Waals surface area contributed by atoms with E-state index in [-0.39, 0.29) is 6.04 Å². The third-order valence-electron chi connectivity index (χ3n) is 4.58. The molecule has 3 aromatic rings. The average Bonchev–Trinajstić information content (AvgIpc) is 3.03. The van der Waals surface area contributed by atoms with Gasteiger partial charge in [-0.1, -0.05) is 48.5 Å². The van der Waals surface area contributed by atoms with Gasteiger partial charge in [-0.05, 0) is 44.0 Å². The first-order valence-electron chi connectivity index (χ1n) is 9.33. The number of hydrogen-bond donors (Lipinski definition) is 2. The van der Waals surface area contributed by atoms with Crippen LogP contribution in [0.3, 0.4) is 0 Å². The second kappa shape index (κ2) is 8.67. The molecule has 0 atom stereocenters. The zero-order chi connectivity index (χ0) is 20.1. The highest BCUT2D eigenvalue weighted by Crippen LogP contribution is 2.30. The number of carbonyl (C=O) groups excluding carboxylic acids is 1. The van der Waals surface area contributed by atoms with Gasteiger partial charge in [-0.25, -0.2) is 10.5 Å². The molecule has 1 heterocycles. The van der Waals surface area contributed by atoms with Crippen molar-refractivity contribution >= 4 is 12.0 Å². The predicted octanol–water partition coefficient (Wildman–Crippen LogP) is 4.55. The molecular formula is C23H25N3O2. The Hall–Kier alpha value is -3.18. The van der Waals surface area contributed by atoms with E-state index in [0.29, 0.717) is 0 Å². The number of aromatic nitrogens is 2. The van der Waals surface area contributed by atoms with E-state index in [0.717, 1.165) is 34.8 Å². The highest BCUT2D eigenvalue weighted by atomic mass is 16.5. The van der Waals surface area contributed by atoms with Crippen molar-refractivity contribution in [1.82, 2.24) is 15.0 Å². The first kappa shape index (κ1) is 19.6. The Labute approximate surface area is 165 Å². The maximum absolute atomic E-state index is 11.3. The summed E-state index contributed by atoms with van der Waals surface area (Å²) in [5.41, 5.74) is 6.82. The summed E-state index contributed by atoms with van der Waals surface area (Å²) < 4.78 is 2.28. The smallest absolute Gasteiger partial charge is 0.267 e. The quantitative estimate of drug-likeness (QED) is 0.377. The number of carbonyl (C=O) groups is 1. The molecule has 2 N–H and O–H groups in total. The van der Waals surface area contributed by atoms with Gasteiger partial charge in [0.05, 0.1) is 11.4 Å². The maximum Gasteiger partial charge on any atom is 0.267 e. The summed E-state index contributed by atoms with van der Waals surface area (Å²) in [6, 6.07) is 18.6. The number of hydroxylamine groups is 1. The SMILES string of the molecule is Cc1nc(Cc2ccccc2)n(C(C)C)c1-c1cccc(C=CC(=O)NO)c1. The van der Waals surface area contributed by atoms with Crippen LogP contribution >= 0.6 is 0 Å². The Morgan fingerprint density at radius 3 is 2.61 bits per heavy atom. The Kier molecular flexibility index (Phi) is 6.06. The zero-order valence-corrected chi connectivity index (χ0v) is 16.4. The van der Waals surface area contributed by atoms with E-state index >= 15 is 0 Å². The Morgan fingerprint density at radius 2 is 1.93 bits per heavy atom. The molecular weight excluding hydrogens is 350 g/mol. The fraction of sp³-hybridized carbons (Fsp3) is 0.217. The average molecular weight is 375 g/mol. The van der Waals surface area contributed by atoms with E-state index in [2.05, 4.69) is 36.6 Å². The minimum Gasteiger partial charge on any atom is -0.325 e. The van der Waals surface area contributed by atoms with Crippen LogP contribution in [-0.2, 0) is 11.2 Å². The minimum absolute atomic E-state index is 0.259. The summed E-state index contributed by atoms with van der Waals surface area (Å²) in [6.45, 7) is 6.35. The molecule has 0 bridgehead atoms. The van der Waals surface area contributed by atoms with Crippen molar-refractivity contribution in [2.45, 2.75) is 33.2 Å². The molecule has 28 heavy (non-hydrogen) atoms. The Morgan fingerprint density at radius 1 is 1.18 bits per heavy atom. The van der Waals surface area contributed by atoms with Crippen LogP contribution in [0.1, 0.15) is 42.5 Å². The molecule has 2 aromatic carbocycles. The van der Waals surface area contributed by atoms with E-state index in [9.17, 15) is 4.79 Å². The molecule has 0 saturated carbocycles. The molecule has 1 aromatic heterocycles. The number of rotatable bonds is 6. The molecule has 5 heteroatoms. The first-order valence-corrected chi connectivity index (χ1v) is 9.33. The molecule has 0 unspecified atom stereocenters. The third-order valence-corrected chi connectivity index (χ3v) is 4.58. The highest BCUT2D eigenvalue weighted by molar-refractivity contribution is 5.91. The number of nitrogens with one attached hydrogen (secondary N) is 1. The number of aryl methyl sites for hydroxylation is 1. The molecule has 0 aliphatic carbocycles. The topological polar surface area (TPSA) is 67.2 Å². The molecule has 0 aliphatic heterocycles. The van der Waals surface area contributed by atoms with Crippen LogP contribution in [-0.4, -0.2) is 20.7 Å². The monoisotopic (exact) mass is 375 g/mol. The second-order valence-electron chi connectivity index (χ2n) is 7.02. The molecule has 0 fully saturated rings. The molecule has 0 aliphatic rings. The van der Waals surface area contributed by atoms with Crippen LogP contribution in [0.5, 0.6) is 0 Å². The lowest BCUT2D eigenvalue weighted by molar-refractivity contribution is -0.124. The molecule has 5 nitrogen and oxygen atoms in total. The summed E-state index contributed by atoms with van der Waals surface area (Å²) in [7, 11) is 0. The normalized spacial score (nSPS) is 11.3. The van der Waals surface area contributed by atoms with Gasteiger partial charge in [-0.3, -0.25) is 10.0 Å². The number of imidazole rings is 1. The fourth-order valence-electron chi connectivity index (χ4n) is 3.41. The van der Waals surface area contributed by atoms with Gasteiger partial charge in [-0.2, -0.15) is 0 Å². The summed E-state index contributed by atoms with van der Waals surface area (Å²) in [6.07, 6.45) is 3.74. The van der Waals surface area contributed by atoms with E-state index in [4.69, 9.17) is 10.2 Å². The summed E-state index contributed by atoms with van der Waals surface area (Å²) in [5, 5.41) is 8.64. The van der Waals surface area contributed by atoms with Crippen molar-refractivity contribution in [2.24, 2.45) is 0 Å². The number of nitrogens with zero attached hydrogens (tertiary/aromatic N) is 2. The number of hydrogen-bond acceptors (Lipinski definition) is 3. The van der Waals surface area contributed by atoms with Gasteiger partial charge >= 0.3 is 0 Å². The van der Waals surface area contributed by atoms with Crippen LogP contribution in [0, 0.1) is 6.92 Å². The van der Waals surface area contributed by atoms with Crippen LogP contribution in [0.4, 0.5) is 0 Å². The lowest BCUT2D eigenvalue weighted by atomic mass is 10.1. The van der Waals surface area contributed by atoms with Crippen molar-refractivity contribution in [3.8, 4) is 11.3 Å². The Balaban J connectivity index is 2.02. The van der Waals surface area contributed by atoms with Gasteiger partial charge in [0.25, 0.3) is 5.91 Å². The van der Waals surface area contributed by atoms with Crippen molar-refractivity contribution in [1.29, 1.82) is 0 Å². The maximum atomic E-state index is 11.3. The van der Waals surface area contributed by atoms with Gasteiger partial charge in [0.15, 0.2) is 0 Å². The van der Waals surface area contributed by atoms with E-state index < -0.39 is 5.91 Å². The largest absolute Gasteiger partial charge is 0.325 e. The van der Waals surface area contributed by atoms with E-state index in [1.807, 2.05) is 43.3 Å². The van der Waals surface area contributed by atoms with Crippen LogP contribution in [0.2, 0.25) is 0 Å². The van der Waals surface area contributed by atoms with Crippen molar-refractivity contribution in [2.75, 3.05) is 0 Å². The Bertz CT molecular complexity index is 988. The van der Waals surface area contributed by atoms with E-state index in [1.54, 1.807) is 11.6 Å². The third kappa shape index (κ3) is 4.38. The molecule has 0 radical (unpaired) electrons.